The van der Waals surface area contributed by atoms with Crippen molar-refractivity contribution in [3.05, 3.63) is 70.6 Å². The summed E-state index contributed by atoms with van der Waals surface area (Å²) in [7, 11) is 0. The van der Waals surface area contributed by atoms with Gasteiger partial charge in [0.1, 0.15) is 5.65 Å². The van der Waals surface area contributed by atoms with Crippen LogP contribution in [0.2, 0.25) is 5.02 Å². The summed E-state index contributed by atoms with van der Waals surface area (Å²) in [5, 5.41) is 0.826. The van der Waals surface area contributed by atoms with E-state index < -0.39 is 0 Å². The van der Waals surface area contributed by atoms with Gasteiger partial charge >= 0.3 is 0 Å². The fourth-order valence-corrected chi connectivity index (χ4v) is 2.85. The van der Waals surface area contributed by atoms with Crippen LogP contribution in [0.25, 0.3) is 5.65 Å². The predicted octanol–water partition coefficient (Wildman–Crippen LogP) is 4.32. The summed E-state index contributed by atoms with van der Waals surface area (Å²) in [5.74, 6) is 0. The zero-order chi connectivity index (χ0) is 15.5. The molecular formula is C18H20ClN3. The van der Waals surface area contributed by atoms with E-state index in [1.165, 1.54) is 5.69 Å². The molecule has 3 nitrogen and oxygen atoms in total. The van der Waals surface area contributed by atoms with Gasteiger partial charge < -0.3 is 4.40 Å². The number of nitrogens with zero attached hydrogens (tertiary/aromatic N) is 3. The van der Waals surface area contributed by atoms with E-state index in [1.807, 2.05) is 30.3 Å². The van der Waals surface area contributed by atoms with E-state index in [0.29, 0.717) is 0 Å². The normalized spacial score (nSPS) is 11.5. The Morgan fingerprint density at radius 2 is 1.91 bits per heavy atom. The highest BCUT2D eigenvalue weighted by Crippen LogP contribution is 2.18. The standard InChI is InChI=1S/C18H20ClN3/c1-3-21(11-15-8-4-5-9-17(15)19)12-16-13-22-14(2)7-6-10-18(22)20-16/h4-10,13H,3,11-12H2,1-2H3. The number of halogens is 1. The average Bonchev–Trinajstić information content (AvgIpc) is 2.93. The first kappa shape index (κ1) is 15.1. The van der Waals surface area contributed by atoms with E-state index in [4.69, 9.17) is 16.6 Å². The van der Waals surface area contributed by atoms with Crippen molar-refractivity contribution < 1.29 is 0 Å². The summed E-state index contributed by atoms with van der Waals surface area (Å²) >= 11 is 6.27. The molecule has 22 heavy (non-hydrogen) atoms. The van der Waals surface area contributed by atoms with Crippen LogP contribution < -0.4 is 0 Å². The number of hydrogen-bond donors (Lipinski definition) is 0. The van der Waals surface area contributed by atoms with Crippen LogP contribution in [0.4, 0.5) is 0 Å². The number of hydrogen-bond acceptors (Lipinski definition) is 2. The van der Waals surface area contributed by atoms with Crippen LogP contribution in [0.15, 0.2) is 48.7 Å². The first-order valence-electron chi connectivity index (χ1n) is 7.56. The van der Waals surface area contributed by atoms with E-state index in [1.54, 1.807) is 0 Å². The van der Waals surface area contributed by atoms with Gasteiger partial charge in [0.25, 0.3) is 0 Å². The molecule has 0 atom stereocenters. The van der Waals surface area contributed by atoms with Crippen molar-refractivity contribution in [3.63, 3.8) is 0 Å². The van der Waals surface area contributed by atoms with Gasteiger partial charge in [-0.3, -0.25) is 4.90 Å². The maximum atomic E-state index is 6.27. The van der Waals surface area contributed by atoms with E-state index in [2.05, 4.69) is 41.5 Å². The zero-order valence-corrected chi connectivity index (χ0v) is 13.7. The van der Waals surface area contributed by atoms with E-state index >= 15 is 0 Å². The Morgan fingerprint density at radius 1 is 1.09 bits per heavy atom. The maximum absolute atomic E-state index is 6.27. The molecule has 0 saturated carbocycles. The molecule has 0 aliphatic heterocycles. The van der Waals surface area contributed by atoms with E-state index in [0.717, 1.165) is 41.6 Å². The van der Waals surface area contributed by atoms with Crippen LogP contribution in [0, 0.1) is 6.92 Å². The monoisotopic (exact) mass is 313 g/mol. The molecule has 0 fully saturated rings. The number of aryl methyl sites for hydroxylation is 1. The number of aromatic nitrogens is 2. The average molecular weight is 314 g/mol. The topological polar surface area (TPSA) is 20.5 Å². The Kier molecular flexibility index (Phi) is 4.46. The fourth-order valence-electron chi connectivity index (χ4n) is 2.65. The third-order valence-electron chi connectivity index (χ3n) is 3.93. The lowest BCUT2D eigenvalue weighted by Crippen LogP contribution is -2.22. The molecular weight excluding hydrogens is 294 g/mol. The second-order valence-electron chi connectivity index (χ2n) is 5.52. The van der Waals surface area contributed by atoms with Gasteiger partial charge in [0.05, 0.1) is 5.69 Å². The second-order valence-corrected chi connectivity index (χ2v) is 5.93. The van der Waals surface area contributed by atoms with Crippen molar-refractivity contribution in [2.45, 2.75) is 26.9 Å². The maximum Gasteiger partial charge on any atom is 0.137 e. The summed E-state index contributed by atoms with van der Waals surface area (Å²) in [5.41, 5.74) is 4.45. The molecule has 0 radical (unpaired) electrons. The minimum atomic E-state index is 0.822. The molecule has 0 unspecified atom stereocenters. The highest BCUT2D eigenvalue weighted by Gasteiger charge is 2.10. The van der Waals surface area contributed by atoms with Crippen LogP contribution in [0.5, 0.6) is 0 Å². The Bertz CT molecular complexity index is 779. The molecule has 2 aromatic heterocycles. The van der Waals surface area contributed by atoms with Crippen LogP contribution >= 0.6 is 11.6 Å². The lowest BCUT2D eigenvalue weighted by molar-refractivity contribution is 0.268. The van der Waals surface area contributed by atoms with Crippen molar-refractivity contribution >= 4 is 17.2 Å². The Balaban J connectivity index is 1.79. The summed E-state index contributed by atoms with van der Waals surface area (Å²) in [6, 6.07) is 14.2. The minimum Gasteiger partial charge on any atom is -0.304 e. The SMILES string of the molecule is CCN(Cc1cn2c(C)cccc2n1)Cc1ccccc1Cl. The quantitative estimate of drug-likeness (QED) is 0.699. The minimum absolute atomic E-state index is 0.822. The van der Waals surface area contributed by atoms with Gasteiger partial charge in [-0.2, -0.15) is 0 Å². The smallest absolute Gasteiger partial charge is 0.137 e. The predicted molar refractivity (Wildman–Crippen MR) is 91.2 cm³/mol. The molecule has 114 valence electrons. The second kappa shape index (κ2) is 6.51. The van der Waals surface area contributed by atoms with Gasteiger partial charge in [-0.05, 0) is 37.2 Å². The molecule has 3 rings (SSSR count). The molecule has 0 N–H and O–H groups in total. The summed E-state index contributed by atoms with van der Waals surface area (Å²) in [6.07, 6.45) is 2.12. The van der Waals surface area contributed by atoms with E-state index in [9.17, 15) is 0 Å². The highest BCUT2D eigenvalue weighted by atomic mass is 35.5. The van der Waals surface area contributed by atoms with Crippen molar-refractivity contribution in [2.75, 3.05) is 6.54 Å². The summed E-state index contributed by atoms with van der Waals surface area (Å²) in [6.45, 7) is 6.88. The Labute approximate surface area is 136 Å². The van der Waals surface area contributed by atoms with Crippen LogP contribution in [0.3, 0.4) is 0 Å². The van der Waals surface area contributed by atoms with Gasteiger partial charge in [-0.15, -0.1) is 0 Å². The van der Waals surface area contributed by atoms with Gasteiger partial charge in [-0.1, -0.05) is 42.8 Å². The van der Waals surface area contributed by atoms with Crippen LogP contribution in [-0.2, 0) is 13.1 Å². The number of benzene rings is 1. The number of fused-ring (bicyclic) bond motifs is 1. The molecule has 2 heterocycles. The molecule has 0 aliphatic rings. The van der Waals surface area contributed by atoms with Gasteiger partial charge in [0, 0.05) is 30.0 Å². The zero-order valence-electron chi connectivity index (χ0n) is 13.0. The van der Waals surface area contributed by atoms with Crippen molar-refractivity contribution in [1.82, 2.24) is 14.3 Å². The molecule has 0 saturated heterocycles. The highest BCUT2D eigenvalue weighted by molar-refractivity contribution is 6.31. The Morgan fingerprint density at radius 3 is 2.64 bits per heavy atom. The van der Waals surface area contributed by atoms with Crippen LogP contribution in [-0.4, -0.2) is 20.8 Å². The molecule has 0 spiro atoms. The van der Waals surface area contributed by atoms with Crippen LogP contribution in [0.1, 0.15) is 23.9 Å². The fraction of sp³-hybridized carbons (Fsp3) is 0.278. The van der Waals surface area contributed by atoms with Crippen molar-refractivity contribution in [3.8, 4) is 0 Å². The van der Waals surface area contributed by atoms with Crippen molar-refractivity contribution in [2.24, 2.45) is 0 Å². The Hall–Kier alpha value is -1.84. The molecule has 0 amide bonds. The third kappa shape index (κ3) is 3.16. The lowest BCUT2D eigenvalue weighted by atomic mass is 10.2. The molecule has 3 aromatic rings. The third-order valence-corrected chi connectivity index (χ3v) is 4.30. The number of imidazole rings is 1. The molecule has 0 bridgehead atoms. The van der Waals surface area contributed by atoms with Crippen molar-refractivity contribution in [1.29, 1.82) is 0 Å². The largest absolute Gasteiger partial charge is 0.304 e. The van der Waals surface area contributed by atoms with Gasteiger partial charge in [-0.25, -0.2) is 4.98 Å². The molecule has 1 aromatic carbocycles. The number of rotatable bonds is 5. The first-order chi connectivity index (χ1) is 10.7. The number of pyridine rings is 1. The summed E-state index contributed by atoms with van der Waals surface area (Å²) < 4.78 is 2.14. The lowest BCUT2D eigenvalue weighted by Gasteiger charge is -2.19. The van der Waals surface area contributed by atoms with Gasteiger partial charge in [0.15, 0.2) is 0 Å². The van der Waals surface area contributed by atoms with Gasteiger partial charge in [0.2, 0.25) is 0 Å². The first-order valence-corrected chi connectivity index (χ1v) is 7.94. The molecule has 4 heteroatoms. The van der Waals surface area contributed by atoms with E-state index in [-0.39, 0.29) is 0 Å². The molecule has 0 aliphatic carbocycles. The summed E-state index contributed by atoms with van der Waals surface area (Å²) in [4.78, 5) is 7.06.